The average molecular weight is 491 g/mol. The van der Waals surface area contributed by atoms with Crippen molar-refractivity contribution in [1.29, 1.82) is 5.26 Å². The highest BCUT2D eigenvalue weighted by molar-refractivity contribution is 5.96. The molecule has 0 spiro atoms. The quantitative estimate of drug-likeness (QED) is 0.459. The van der Waals surface area contributed by atoms with E-state index in [1.54, 1.807) is 30.3 Å². The van der Waals surface area contributed by atoms with Gasteiger partial charge in [0, 0.05) is 12.1 Å². The molecule has 0 aliphatic heterocycles. The van der Waals surface area contributed by atoms with Gasteiger partial charge < -0.3 is 15.8 Å². The maximum Gasteiger partial charge on any atom is 0.410 e. The summed E-state index contributed by atoms with van der Waals surface area (Å²) in [4.78, 5) is 12.4. The molecule has 0 aliphatic rings. The molecule has 1 amide bonds. The smallest absolute Gasteiger partial charge is 0.410 e. The number of nitrogens with one attached hydrogen (secondary N) is 1. The molecule has 1 heterocycles. The van der Waals surface area contributed by atoms with Crippen LogP contribution in [0.25, 0.3) is 11.3 Å². The number of hydrogen-bond donors (Lipinski definition) is 2. The minimum absolute atomic E-state index is 0.0196. The Balaban J connectivity index is 0.00000210. The van der Waals surface area contributed by atoms with Crippen molar-refractivity contribution in [2.45, 2.75) is 39.5 Å². The van der Waals surface area contributed by atoms with E-state index in [0.29, 0.717) is 15.8 Å². The van der Waals surface area contributed by atoms with Gasteiger partial charge in [-0.1, -0.05) is 38.1 Å². The minimum atomic E-state index is -4.59. The SMILES string of the molecule is CC.COc1ccc(F)cc1C(=O)NCc1ccc(-c2nn(C(C)C(F)(F)F)c(N)c2C#N)cc1. The number of nitrogens with zero attached hydrogens (tertiary/aromatic N) is 3. The van der Waals surface area contributed by atoms with Crippen LogP contribution >= 0.6 is 0 Å². The molecule has 0 saturated carbocycles. The van der Waals surface area contributed by atoms with Crippen LogP contribution in [0.5, 0.6) is 5.75 Å². The van der Waals surface area contributed by atoms with Gasteiger partial charge in [-0.25, -0.2) is 9.07 Å². The zero-order chi connectivity index (χ0) is 26.3. The summed E-state index contributed by atoms with van der Waals surface area (Å²) in [6.45, 7) is 4.99. The van der Waals surface area contributed by atoms with Crippen molar-refractivity contribution < 1.29 is 27.1 Å². The van der Waals surface area contributed by atoms with E-state index in [-0.39, 0.29) is 34.9 Å². The number of anilines is 1. The van der Waals surface area contributed by atoms with Crippen LogP contribution in [-0.2, 0) is 6.54 Å². The molecule has 0 bridgehead atoms. The molecule has 1 atom stereocenters. The summed E-state index contributed by atoms with van der Waals surface area (Å²) in [5.74, 6) is -1.29. The van der Waals surface area contributed by atoms with Gasteiger partial charge in [0.15, 0.2) is 0 Å². The number of amides is 1. The Labute approximate surface area is 200 Å². The van der Waals surface area contributed by atoms with Crippen LogP contribution in [0.3, 0.4) is 0 Å². The summed E-state index contributed by atoms with van der Waals surface area (Å²) in [7, 11) is 1.36. The Kier molecular flexibility index (Phi) is 8.83. The van der Waals surface area contributed by atoms with Gasteiger partial charge in [-0.3, -0.25) is 4.79 Å². The maximum atomic E-state index is 13.5. The van der Waals surface area contributed by atoms with E-state index in [4.69, 9.17) is 10.5 Å². The van der Waals surface area contributed by atoms with Gasteiger partial charge >= 0.3 is 6.18 Å². The first-order chi connectivity index (χ1) is 16.6. The number of benzene rings is 2. The number of nitriles is 1. The molecule has 0 aliphatic carbocycles. The van der Waals surface area contributed by atoms with Crippen molar-refractivity contribution >= 4 is 11.7 Å². The standard InChI is InChI=1S/C22H19F4N5O2.C2H6/c1-12(22(24,25)26)31-20(28)17(10-27)19(30-31)14-5-3-13(4-6-14)11-29-21(32)16-9-15(23)7-8-18(16)33-2;1-2/h3-9,12H,11,28H2,1-2H3,(H,29,32);1-2H3. The molecule has 0 saturated heterocycles. The highest BCUT2D eigenvalue weighted by atomic mass is 19.4. The van der Waals surface area contributed by atoms with Crippen molar-refractivity contribution in [2.75, 3.05) is 12.8 Å². The molecule has 7 nitrogen and oxygen atoms in total. The Hall–Kier alpha value is -4.07. The van der Waals surface area contributed by atoms with Gasteiger partial charge in [0.25, 0.3) is 5.91 Å². The first-order valence-electron chi connectivity index (χ1n) is 10.6. The van der Waals surface area contributed by atoms with Crippen LogP contribution in [0.1, 0.15) is 48.3 Å². The van der Waals surface area contributed by atoms with Crippen molar-refractivity contribution in [3.05, 3.63) is 65.0 Å². The molecule has 3 aromatic rings. The third-order valence-electron chi connectivity index (χ3n) is 4.99. The first-order valence-corrected chi connectivity index (χ1v) is 10.6. The van der Waals surface area contributed by atoms with Crippen molar-refractivity contribution in [2.24, 2.45) is 0 Å². The molecule has 3 rings (SSSR count). The molecular weight excluding hydrogens is 466 g/mol. The second-order valence-corrected chi connectivity index (χ2v) is 7.11. The fourth-order valence-electron chi connectivity index (χ4n) is 3.11. The summed E-state index contributed by atoms with van der Waals surface area (Å²) in [5.41, 5.74) is 6.67. The van der Waals surface area contributed by atoms with Crippen LogP contribution < -0.4 is 15.8 Å². The number of nitrogens with two attached hydrogens (primary N) is 1. The maximum absolute atomic E-state index is 13.5. The molecule has 0 fully saturated rings. The summed E-state index contributed by atoms with van der Waals surface area (Å²) in [6, 6.07) is 9.70. The van der Waals surface area contributed by atoms with E-state index >= 15 is 0 Å². The van der Waals surface area contributed by atoms with Gasteiger partial charge in [0.05, 0.1) is 12.7 Å². The number of rotatable bonds is 6. The highest BCUT2D eigenvalue weighted by Gasteiger charge is 2.40. The van der Waals surface area contributed by atoms with E-state index in [1.165, 1.54) is 19.2 Å². The van der Waals surface area contributed by atoms with E-state index in [0.717, 1.165) is 13.0 Å². The largest absolute Gasteiger partial charge is 0.496 e. The number of halogens is 4. The van der Waals surface area contributed by atoms with Gasteiger partial charge in [-0.2, -0.15) is 23.5 Å². The number of hydrogen-bond acceptors (Lipinski definition) is 5. The Bertz CT molecular complexity index is 1210. The summed E-state index contributed by atoms with van der Waals surface area (Å²) in [5, 5.41) is 15.9. The van der Waals surface area contributed by atoms with E-state index in [9.17, 15) is 27.6 Å². The van der Waals surface area contributed by atoms with Crippen LogP contribution in [0.2, 0.25) is 0 Å². The normalized spacial score (nSPS) is 11.6. The third-order valence-corrected chi connectivity index (χ3v) is 4.99. The van der Waals surface area contributed by atoms with Crippen LogP contribution in [0.15, 0.2) is 42.5 Å². The van der Waals surface area contributed by atoms with Crippen LogP contribution in [0, 0.1) is 17.1 Å². The zero-order valence-corrected chi connectivity index (χ0v) is 19.6. The van der Waals surface area contributed by atoms with Gasteiger partial charge in [-0.05, 0) is 30.7 Å². The summed E-state index contributed by atoms with van der Waals surface area (Å²) >= 11 is 0. The molecule has 1 aromatic heterocycles. The van der Waals surface area contributed by atoms with Gasteiger partial charge in [0.1, 0.15) is 40.8 Å². The summed E-state index contributed by atoms with van der Waals surface area (Å²) in [6.07, 6.45) is -4.59. The van der Waals surface area contributed by atoms with Crippen molar-refractivity contribution in [3.63, 3.8) is 0 Å². The Morgan fingerprint density at radius 2 is 1.86 bits per heavy atom. The lowest BCUT2D eigenvalue weighted by Crippen LogP contribution is -2.25. The highest BCUT2D eigenvalue weighted by Crippen LogP contribution is 2.35. The zero-order valence-electron chi connectivity index (χ0n) is 19.6. The minimum Gasteiger partial charge on any atom is -0.496 e. The topological polar surface area (TPSA) is 106 Å². The lowest BCUT2D eigenvalue weighted by atomic mass is 10.1. The Morgan fingerprint density at radius 3 is 2.40 bits per heavy atom. The second kappa shape index (κ2) is 11.4. The summed E-state index contributed by atoms with van der Waals surface area (Å²) < 4.78 is 58.4. The lowest BCUT2D eigenvalue weighted by Gasteiger charge is -2.17. The first kappa shape index (κ1) is 27.2. The van der Waals surface area contributed by atoms with E-state index in [1.807, 2.05) is 13.8 Å². The van der Waals surface area contributed by atoms with E-state index in [2.05, 4.69) is 10.4 Å². The molecule has 0 radical (unpaired) electrons. The number of nitrogen functional groups attached to an aromatic ring is 1. The van der Waals surface area contributed by atoms with Gasteiger partial charge in [-0.15, -0.1) is 0 Å². The number of carbonyl (C=O) groups is 1. The number of alkyl halides is 3. The number of ether oxygens (including phenoxy) is 1. The molecule has 11 heteroatoms. The number of methoxy groups -OCH3 is 1. The second-order valence-electron chi connectivity index (χ2n) is 7.11. The predicted octanol–water partition coefficient (Wildman–Crippen LogP) is 5.23. The fourth-order valence-corrected chi connectivity index (χ4v) is 3.11. The monoisotopic (exact) mass is 491 g/mol. The number of aromatic nitrogens is 2. The fraction of sp³-hybridized carbons (Fsp3) is 0.292. The lowest BCUT2D eigenvalue weighted by molar-refractivity contribution is -0.164. The predicted molar refractivity (Wildman–Crippen MR) is 123 cm³/mol. The molecule has 3 N–H and O–H groups in total. The van der Waals surface area contributed by atoms with Gasteiger partial charge in [0.2, 0.25) is 0 Å². The molecule has 1 unspecified atom stereocenters. The van der Waals surface area contributed by atoms with Crippen molar-refractivity contribution in [1.82, 2.24) is 15.1 Å². The van der Waals surface area contributed by atoms with Crippen LogP contribution in [0.4, 0.5) is 23.4 Å². The Morgan fingerprint density at radius 1 is 1.23 bits per heavy atom. The average Bonchev–Trinajstić information content (AvgIpc) is 3.18. The molecule has 186 valence electrons. The molecular formula is C24H25F4N5O2. The van der Waals surface area contributed by atoms with Crippen LogP contribution in [-0.4, -0.2) is 29.0 Å². The molecule has 35 heavy (non-hydrogen) atoms. The molecule has 2 aromatic carbocycles. The van der Waals surface area contributed by atoms with E-state index < -0.39 is 23.9 Å². The third kappa shape index (κ3) is 6.09. The number of carbonyl (C=O) groups excluding carboxylic acids is 1. The van der Waals surface area contributed by atoms with Crippen molar-refractivity contribution in [3.8, 4) is 23.1 Å².